The average Bonchev–Trinajstić information content (AvgIpc) is 2.88. The molecule has 1 saturated heterocycles. The predicted octanol–water partition coefficient (Wildman–Crippen LogP) is 3.26. The van der Waals surface area contributed by atoms with Gasteiger partial charge in [-0.3, -0.25) is 0 Å². The summed E-state index contributed by atoms with van der Waals surface area (Å²) in [6.07, 6.45) is 6.53. The lowest BCUT2D eigenvalue weighted by atomic mass is 9.92. The molecule has 34 heavy (non-hydrogen) atoms. The number of allylic oxidation sites excluding steroid dienone is 3. The van der Waals surface area contributed by atoms with Crippen molar-refractivity contribution >= 4 is 22.9 Å². The van der Waals surface area contributed by atoms with E-state index in [-0.39, 0.29) is 0 Å². The average molecular weight is 461 g/mol. The molecule has 7 nitrogen and oxygen atoms in total. The van der Waals surface area contributed by atoms with E-state index in [1.165, 1.54) is 12.4 Å². The molecule has 0 radical (unpaired) electrons. The highest BCUT2D eigenvalue weighted by Crippen LogP contribution is 2.34. The number of morpholine rings is 1. The maximum absolute atomic E-state index is 15.1. The number of hydrogen-bond donors (Lipinski definition) is 1. The first-order chi connectivity index (χ1) is 16.6. The number of carbonyl (C=O) groups is 1. The Hall–Kier alpha value is -3.62. The summed E-state index contributed by atoms with van der Waals surface area (Å²) in [5.74, 6) is -1.10. The quantitative estimate of drug-likeness (QED) is 0.586. The standard InChI is InChI=1S/C26H25FN4O3/c1-30-24(3-2-4-25(30)33)21(15-32)17-5-8-22(27)20(13-17)26-19-7-6-18(14-23(19)28-16-29-26)31-9-11-34-12-10-31/h2-8,13-16,21,25,33H,9-12H2,1H3. The Morgan fingerprint density at radius 1 is 1.18 bits per heavy atom. The maximum atomic E-state index is 15.1. The van der Waals surface area contributed by atoms with Gasteiger partial charge in [-0.25, -0.2) is 14.4 Å². The number of nitrogens with zero attached hydrogens (tertiary/aromatic N) is 4. The van der Waals surface area contributed by atoms with Crippen molar-refractivity contribution in [1.82, 2.24) is 14.9 Å². The van der Waals surface area contributed by atoms with E-state index < -0.39 is 18.0 Å². The van der Waals surface area contributed by atoms with E-state index >= 15 is 4.39 Å². The van der Waals surface area contributed by atoms with Crippen molar-refractivity contribution in [3.05, 3.63) is 78.0 Å². The van der Waals surface area contributed by atoms with Crippen molar-refractivity contribution < 1.29 is 19.0 Å². The van der Waals surface area contributed by atoms with Gasteiger partial charge in [-0.15, -0.1) is 0 Å². The molecule has 1 N–H and O–H groups in total. The summed E-state index contributed by atoms with van der Waals surface area (Å²) in [5, 5.41) is 10.9. The Balaban J connectivity index is 1.55. The number of likely N-dealkylation sites (N-methyl/N-ethyl adjacent to an activating group) is 1. The molecule has 5 rings (SSSR count). The Bertz CT molecular complexity index is 1290. The van der Waals surface area contributed by atoms with Gasteiger partial charge in [0, 0.05) is 42.5 Å². The summed E-state index contributed by atoms with van der Waals surface area (Å²) < 4.78 is 20.5. The summed E-state index contributed by atoms with van der Waals surface area (Å²) in [5.41, 5.74) is 3.76. The zero-order valence-electron chi connectivity index (χ0n) is 18.8. The third-order valence-corrected chi connectivity index (χ3v) is 6.41. The molecule has 1 fully saturated rings. The molecule has 2 aliphatic heterocycles. The number of rotatable bonds is 5. The third-order valence-electron chi connectivity index (χ3n) is 6.41. The number of aliphatic hydroxyl groups is 1. The van der Waals surface area contributed by atoms with Gasteiger partial charge in [0.05, 0.1) is 30.3 Å². The van der Waals surface area contributed by atoms with Crippen molar-refractivity contribution in [3.8, 4) is 11.3 Å². The number of aliphatic hydroxyl groups excluding tert-OH is 1. The molecule has 2 aliphatic rings. The first kappa shape index (κ1) is 22.2. The van der Waals surface area contributed by atoms with Gasteiger partial charge in [-0.1, -0.05) is 12.1 Å². The predicted molar refractivity (Wildman–Crippen MR) is 128 cm³/mol. The molecule has 2 unspecified atom stereocenters. The molecule has 0 aliphatic carbocycles. The van der Waals surface area contributed by atoms with Crippen LogP contribution in [0.15, 0.2) is 66.7 Å². The molecular weight excluding hydrogens is 435 g/mol. The Labute approximate surface area is 196 Å². The second-order valence-corrected chi connectivity index (χ2v) is 8.38. The minimum atomic E-state index is -0.825. The molecule has 3 heterocycles. The zero-order valence-corrected chi connectivity index (χ0v) is 18.8. The van der Waals surface area contributed by atoms with Crippen LogP contribution in [-0.4, -0.2) is 65.8 Å². The van der Waals surface area contributed by atoms with E-state index in [2.05, 4.69) is 14.9 Å². The first-order valence-corrected chi connectivity index (χ1v) is 11.2. The molecular formula is C26H25FN4O3. The number of aldehydes is 1. The van der Waals surface area contributed by atoms with Crippen LogP contribution in [0.4, 0.5) is 10.1 Å². The van der Waals surface area contributed by atoms with Gasteiger partial charge in [0.1, 0.15) is 24.7 Å². The number of carbonyl (C=O) groups excluding carboxylic acids is 1. The van der Waals surface area contributed by atoms with Crippen molar-refractivity contribution in [2.45, 2.75) is 12.1 Å². The van der Waals surface area contributed by atoms with Gasteiger partial charge in [0.25, 0.3) is 0 Å². The van der Waals surface area contributed by atoms with Crippen LogP contribution >= 0.6 is 0 Å². The lowest BCUT2D eigenvalue weighted by Crippen LogP contribution is -2.36. The Morgan fingerprint density at radius 3 is 2.79 bits per heavy atom. The van der Waals surface area contributed by atoms with Gasteiger partial charge < -0.3 is 24.4 Å². The van der Waals surface area contributed by atoms with Crippen molar-refractivity contribution in [2.75, 3.05) is 38.3 Å². The minimum absolute atomic E-state index is 0.297. The largest absolute Gasteiger partial charge is 0.378 e. The SMILES string of the molecule is CN1C(C(C=O)c2ccc(F)c(-c3ncnc4cc(N5CCOCC5)ccc34)c2)=CC=CC1O. The highest BCUT2D eigenvalue weighted by atomic mass is 19.1. The number of ether oxygens (including phenoxy) is 1. The number of halogens is 1. The molecule has 174 valence electrons. The number of aromatic nitrogens is 2. The lowest BCUT2D eigenvalue weighted by molar-refractivity contribution is -0.108. The van der Waals surface area contributed by atoms with E-state index in [9.17, 15) is 9.90 Å². The summed E-state index contributed by atoms with van der Waals surface area (Å²) in [4.78, 5) is 24.8. The highest BCUT2D eigenvalue weighted by molar-refractivity contribution is 5.94. The number of hydrogen-bond acceptors (Lipinski definition) is 7. The molecule has 1 aromatic heterocycles. The lowest BCUT2D eigenvalue weighted by Gasteiger charge is -2.31. The normalized spacial score (nSPS) is 19.3. The van der Waals surface area contributed by atoms with Crippen LogP contribution in [0, 0.1) is 5.82 Å². The summed E-state index contributed by atoms with van der Waals surface area (Å²) >= 11 is 0. The highest BCUT2D eigenvalue weighted by Gasteiger charge is 2.25. The van der Waals surface area contributed by atoms with Crippen LogP contribution in [0.25, 0.3) is 22.2 Å². The third kappa shape index (κ3) is 4.06. The molecule has 0 saturated carbocycles. The molecule has 0 spiro atoms. The van der Waals surface area contributed by atoms with E-state index in [0.717, 1.165) is 30.4 Å². The summed E-state index contributed by atoms with van der Waals surface area (Å²) in [6.45, 7) is 2.98. The Morgan fingerprint density at radius 2 is 2.00 bits per heavy atom. The first-order valence-electron chi connectivity index (χ1n) is 11.2. The van der Waals surface area contributed by atoms with Crippen LogP contribution in [0.2, 0.25) is 0 Å². The number of fused-ring (bicyclic) bond motifs is 1. The number of anilines is 1. The monoisotopic (exact) mass is 460 g/mol. The minimum Gasteiger partial charge on any atom is -0.378 e. The van der Waals surface area contributed by atoms with Crippen LogP contribution in [0.3, 0.4) is 0 Å². The van der Waals surface area contributed by atoms with Gasteiger partial charge >= 0.3 is 0 Å². The van der Waals surface area contributed by atoms with Crippen molar-refractivity contribution in [1.29, 1.82) is 0 Å². The molecule has 0 amide bonds. The topological polar surface area (TPSA) is 78.8 Å². The molecule has 3 aromatic rings. The molecule has 2 atom stereocenters. The van der Waals surface area contributed by atoms with Crippen LogP contribution in [0.5, 0.6) is 0 Å². The van der Waals surface area contributed by atoms with Crippen molar-refractivity contribution in [2.24, 2.45) is 0 Å². The second kappa shape index (κ2) is 9.32. The molecule has 2 aromatic carbocycles. The number of benzene rings is 2. The van der Waals surface area contributed by atoms with E-state index in [4.69, 9.17) is 4.74 Å². The van der Waals surface area contributed by atoms with Gasteiger partial charge in [0.15, 0.2) is 0 Å². The summed E-state index contributed by atoms with van der Waals surface area (Å²) in [7, 11) is 1.71. The van der Waals surface area contributed by atoms with E-state index in [1.54, 1.807) is 42.3 Å². The van der Waals surface area contributed by atoms with Gasteiger partial charge in [0.2, 0.25) is 0 Å². The zero-order chi connectivity index (χ0) is 23.7. The fraction of sp³-hybridized carbons (Fsp3) is 0.269. The second-order valence-electron chi connectivity index (χ2n) is 8.38. The van der Waals surface area contributed by atoms with Crippen molar-refractivity contribution in [3.63, 3.8) is 0 Å². The van der Waals surface area contributed by atoms with E-state index in [0.29, 0.717) is 41.2 Å². The van der Waals surface area contributed by atoms with E-state index in [1.807, 2.05) is 18.2 Å². The molecule has 0 bridgehead atoms. The molecule has 8 heteroatoms. The smallest absolute Gasteiger partial charge is 0.146 e. The van der Waals surface area contributed by atoms with Crippen LogP contribution in [-0.2, 0) is 9.53 Å². The van der Waals surface area contributed by atoms with Crippen LogP contribution in [0.1, 0.15) is 11.5 Å². The maximum Gasteiger partial charge on any atom is 0.146 e. The van der Waals surface area contributed by atoms with Gasteiger partial charge in [-0.05, 0) is 48.0 Å². The van der Waals surface area contributed by atoms with Gasteiger partial charge in [-0.2, -0.15) is 0 Å². The summed E-state index contributed by atoms with van der Waals surface area (Å²) in [6, 6.07) is 10.5. The van der Waals surface area contributed by atoms with Crippen LogP contribution < -0.4 is 4.90 Å². The fourth-order valence-electron chi connectivity index (χ4n) is 4.49. The fourth-order valence-corrected chi connectivity index (χ4v) is 4.49. The Kier molecular flexibility index (Phi) is 6.08.